The molecule has 15 heavy (non-hydrogen) atoms. The Labute approximate surface area is 91.3 Å². The van der Waals surface area contributed by atoms with Gasteiger partial charge in [0.25, 0.3) is 0 Å². The lowest BCUT2D eigenvalue weighted by molar-refractivity contribution is 0.305. The molecule has 3 nitrogen and oxygen atoms in total. The number of hydrogen-bond acceptors (Lipinski definition) is 3. The fourth-order valence-electron chi connectivity index (χ4n) is 2.16. The van der Waals surface area contributed by atoms with Crippen LogP contribution >= 0.6 is 0 Å². The number of nitrogens with zero attached hydrogens (tertiary/aromatic N) is 2. The summed E-state index contributed by atoms with van der Waals surface area (Å²) in [6.07, 6.45) is 3.08. The molecule has 1 fully saturated rings. The molecule has 0 spiro atoms. The molecule has 0 amide bonds. The van der Waals surface area contributed by atoms with Crippen LogP contribution in [-0.2, 0) is 6.54 Å². The molecule has 1 aromatic heterocycles. The highest BCUT2D eigenvalue weighted by molar-refractivity contribution is 5.03. The smallest absolute Gasteiger partial charge is 0.0543 e. The highest BCUT2D eigenvalue weighted by Crippen LogP contribution is 2.19. The molecule has 1 aliphatic rings. The van der Waals surface area contributed by atoms with Crippen LogP contribution in [0.2, 0.25) is 0 Å². The van der Waals surface area contributed by atoms with Gasteiger partial charge in [0.2, 0.25) is 0 Å². The highest BCUT2D eigenvalue weighted by Gasteiger charge is 2.24. The van der Waals surface area contributed by atoms with Crippen molar-refractivity contribution in [3.63, 3.8) is 0 Å². The van der Waals surface area contributed by atoms with Crippen LogP contribution in [0.4, 0.5) is 0 Å². The molecule has 2 rings (SSSR count). The van der Waals surface area contributed by atoms with E-state index in [9.17, 15) is 0 Å². The molecule has 3 heteroatoms. The highest BCUT2D eigenvalue weighted by atomic mass is 15.2. The first-order valence-corrected chi connectivity index (χ1v) is 5.63. The second-order valence-corrected chi connectivity index (χ2v) is 4.46. The standard InChI is InChI=1S/C12H19N3/c1-10(13)11-5-7-15(8-11)9-12-4-2-3-6-14-12/h2-4,6,10-11H,5,7-9,13H2,1H3. The van der Waals surface area contributed by atoms with E-state index in [2.05, 4.69) is 22.9 Å². The van der Waals surface area contributed by atoms with Gasteiger partial charge in [-0.25, -0.2) is 0 Å². The average Bonchev–Trinajstić information content (AvgIpc) is 2.68. The maximum atomic E-state index is 5.91. The molecule has 82 valence electrons. The Balaban J connectivity index is 1.88. The maximum absolute atomic E-state index is 5.91. The van der Waals surface area contributed by atoms with Crippen molar-refractivity contribution in [3.8, 4) is 0 Å². The van der Waals surface area contributed by atoms with E-state index in [0.29, 0.717) is 12.0 Å². The van der Waals surface area contributed by atoms with E-state index in [0.717, 1.165) is 25.3 Å². The van der Waals surface area contributed by atoms with E-state index in [1.165, 1.54) is 6.42 Å². The summed E-state index contributed by atoms with van der Waals surface area (Å²) in [5.41, 5.74) is 7.07. The molecule has 1 aliphatic heterocycles. The van der Waals surface area contributed by atoms with Gasteiger partial charge in [-0.2, -0.15) is 0 Å². The van der Waals surface area contributed by atoms with Crippen LogP contribution in [0.1, 0.15) is 19.0 Å². The quantitative estimate of drug-likeness (QED) is 0.807. The Morgan fingerprint density at radius 2 is 2.47 bits per heavy atom. The summed E-state index contributed by atoms with van der Waals surface area (Å²) in [7, 11) is 0. The van der Waals surface area contributed by atoms with E-state index in [1.807, 2.05) is 18.3 Å². The van der Waals surface area contributed by atoms with E-state index < -0.39 is 0 Å². The number of hydrogen-bond donors (Lipinski definition) is 1. The van der Waals surface area contributed by atoms with Crippen LogP contribution in [0.5, 0.6) is 0 Å². The molecule has 2 atom stereocenters. The predicted octanol–water partition coefficient (Wildman–Crippen LogP) is 1.25. The number of nitrogens with two attached hydrogens (primary N) is 1. The molecule has 0 aliphatic carbocycles. The molecule has 0 aromatic carbocycles. The van der Waals surface area contributed by atoms with E-state index in [1.54, 1.807) is 0 Å². The predicted molar refractivity (Wildman–Crippen MR) is 61.3 cm³/mol. The Hall–Kier alpha value is -0.930. The topological polar surface area (TPSA) is 42.1 Å². The van der Waals surface area contributed by atoms with Crippen molar-refractivity contribution in [1.29, 1.82) is 0 Å². The van der Waals surface area contributed by atoms with Gasteiger partial charge in [-0.05, 0) is 37.9 Å². The van der Waals surface area contributed by atoms with Gasteiger partial charge in [-0.3, -0.25) is 9.88 Å². The molecule has 2 unspecified atom stereocenters. The molecule has 1 saturated heterocycles. The first kappa shape index (κ1) is 10.6. The summed E-state index contributed by atoms with van der Waals surface area (Å²) in [5, 5.41) is 0. The summed E-state index contributed by atoms with van der Waals surface area (Å²) >= 11 is 0. The van der Waals surface area contributed by atoms with Crippen LogP contribution < -0.4 is 5.73 Å². The molecular weight excluding hydrogens is 186 g/mol. The van der Waals surface area contributed by atoms with Gasteiger partial charge >= 0.3 is 0 Å². The normalized spacial score (nSPS) is 24.3. The Bertz CT molecular complexity index is 297. The minimum absolute atomic E-state index is 0.318. The van der Waals surface area contributed by atoms with Crippen molar-refractivity contribution in [2.75, 3.05) is 13.1 Å². The minimum Gasteiger partial charge on any atom is -0.328 e. The molecule has 0 bridgehead atoms. The zero-order valence-electron chi connectivity index (χ0n) is 9.26. The fraction of sp³-hybridized carbons (Fsp3) is 0.583. The molecule has 1 aromatic rings. The number of pyridine rings is 1. The zero-order valence-corrected chi connectivity index (χ0v) is 9.26. The van der Waals surface area contributed by atoms with E-state index in [-0.39, 0.29) is 0 Å². The van der Waals surface area contributed by atoms with Crippen molar-refractivity contribution >= 4 is 0 Å². The summed E-state index contributed by atoms with van der Waals surface area (Å²) in [5.74, 6) is 0.661. The average molecular weight is 205 g/mol. The SMILES string of the molecule is CC(N)C1CCN(Cc2ccccn2)C1. The van der Waals surface area contributed by atoms with Crippen LogP contribution in [-0.4, -0.2) is 29.0 Å². The third-order valence-corrected chi connectivity index (χ3v) is 3.16. The van der Waals surface area contributed by atoms with Gasteiger partial charge in [0.05, 0.1) is 5.69 Å². The Morgan fingerprint density at radius 1 is 1.60 bits per heavy atom. The number of likely N-dealkylation sites (tertiary alicyclic amines) is 1. The minimum atomic E-state index is 0.318. The van der Waals surface area contributed by atoms with Gasteiger partial charge in [0.1, 0.15) is 0 Å². The van der Waals surface area contributed by atoms with Crippen molar-refractivity contribution < 1.29 is 0 Å². The van der Waals surface area contributed by atoms with Crippen molar-refractivity contribution in [2.24, 2.45) is 11.7 Å². The number of rotatable bonds is 3. The monoisotopic (exact) mass is 205 g/mol. The lowest BCUT2D eigenvalue weighted by Gasteiger charge is -2.17. The van der Waals surface area contributed by atoms with Crippen molar-refractivity contribution in [1.82, 2.24) is 9.88 Å². The van der Waals surface area contributed by atoms with Gasteiger partial charge in [-0.15, -0.1) is 0 Å². The van der Waals surface area contributed by atoms with Crippen molar-refractivity contribution in [2.45, 2.75) is 25.9 Å². The summed E-state index contributed by atoms with van der Waals surface area (Å²) < 4.78 is 0. The van der Waals surface area contributed by atoms with E-state index >= 15 is 0 Å². The van der Waals surface area contributed by atoms with Gasteiger partial charge < -0.3 is 5.73 Å². The first-order valence-electron chi connectivity index (χ1n) is 5.63. The number of aromatic nitrogens is 1. The largest absolute Gasteiger partial charge is 0.328 e. The molecule has 0 radical (unpaired) electrons. The van der Waals surface area contributed by atoms with Crippen LogP contribution in [0.3, 0.4) is 0 Å². The lowest BCUT2D eigenvalue weighted by Crippen LogP contribution is -2.29. The third-order valence-electron chi connectivity index (χ3n) is 3.16. The molecule has 0 saturated carbocycles. The second kappa shape index (κ2) is 4.73. The second-order valence-electron chi connectivity index (χ2n) is 4.46. The molecular formula is C12H19N3. The molecule has 2 N–H and O–H groups in total. The summed E-state index contributed by atoms with van der Waals surface area (Å²) in [6, 6.07) is 6.40. The Kier molecular flexibility index (Phi) is 3.34. The van der Waals surface area contributed by atoms with Crippen LogP contribution in [0, 0.1) is 5.92 Å². The van der Waals surface area contributed by atoms with Gasteiger partial charge in [0.15, 0.2) is 0 Å². The fourth-order valence-corrected chi connectivity index (χ4v) is 2.16. The van der Waals surface area contributed by atoms with Crippen LogP contribution in [0.25, 0.3) is 0 Å². The summed E-state index contributed by atoms with van der Waals surface area (Å²) in [4.78, 5) is 6.78. The molecule has 2 heterocycles. The third kappa shape index (κ3) is 2.76. The first-order chi connectivity index (χ1) is 7.25. The van der Waals surface area contributed by atoms with Crippen molar-refractivity contribution in [3.05, 3.63) is 30.1 Å². The zero-order chi connectivity index (χ0) is 10.7. The Morgan fingerprint density at radius 3 is 3.07 bits per heavy atom. The maximum Gasteiger partial charge on any atom is 0.0543 e. The lowest BCUT2D eigenvalue weighted by atomic mass is 10.0. The van der Waals surface area contributed by atoms with E-state index in [4.69, 9.17) is 5.73 Å². The van der Waals surface area contributed by atoms with Crippen LogP contribution in [0.15, 0.2) is 24.4 Å². The van der Waals surface area contributed by atoms with Gasteiger partial charge in [0, 0.05) is 25.3 Å². The van der Waals surface area contributed by atoms with Gasteiger partial charge in [-0.1, -0.05) is 6.07 Å². The summed E-state index contributed by atoms with van der Waals surface area (Å²) in [6.45, 7) is 5.34.